The molecule has 0 aliphatic carbocycles. The third kappa shape index (κ3) is 2.01. The average molecular weight is 285 g/mol. The molecule has 0 bridgehead atoms. The van der Waals surface area contributed by atoms with Crippen molar-refractivity contribution in [3.8, 4) is 10.4 Å². The Morgan fingerprint density at radius 2 is 2.05 bits per heavy atom. The van der Waals surface area contributed by atoms with Crippen LogP contribution in [0.15, 0.2) is 42.6 Å². The number of amides is 1. The first kappa shape index (κ1) is 12.6. The highest BCUT2D eigenvalue weighted by atomic mass is 32.1. The fraction of sp³-hybridized carbons (Fsp3) is 0. The van der Waals surface area contributed by atoms with E-state index in [4.69, 9.17) is 10.9 Å². The molecule has 3 rings (SSSR count). The smallest absolute Gasteiger partial charge is 0.251 e. The number of fused-ring (bicyclic) bond motifs is 1. The van der Waals surface area contributed by atoms with Gasteiger partial charge in [0.25, 0.3) is 5.91 Å². The molecule has 0 saturated carbocycles. The van der Waals surface area contributed by atoms with Crippen LogP contribution in [0, 0.1) is 0 Å². The minimum absolute atomic E-state index is 0.309. The average Bonchev–Trinajstić information content (AvgIpc) is 2.91. The number of hydrogen-bond acceptors (Lipinski definition) is 5. The molecule has 4 N–H and O–H groups in total. The van der Waals surface area contributed by atoms with E-state index < -0.39 is 5.91 Å². The fourth-order valence-electron chi connectivity index (χ4n) is 2.03. The second-order valence-corrected chi connectivity index (χ2v) is 5.27. The van der Waals surface area contributed by atoms with Gasteiger partial charge in [0.05, 0.1) is 10.3 Å². The Morgan fingerprint density at radius 1 is 1.30 bits per heavy atom. The second-order valence-electron chi connectivity index (χ2n) is 4.22. The van der Waals surface area contributed by atoms with Gasteiger partial charge in [0.1, 0.15) is 0 Å². The quantitative estimate of drug-likeness (QED) is 0.646. The van der Waals surface area contributed by atoms with Crippen molar-refractivity contribution in [1.29, 1.82) is 0 Å². The molecule has 0 atom stereocenters. The summed E-state index contributed by atoms with van der Waals surface area (Å²) >= 11 is 1.44. The van der Waals surface area contributed by atoms with Crippen LogP contribution in [-0.2, 0) is 0 Å². The minimum Gasteiger partial charge on any atom is -0.366 e. The van der Waals surface area contributed by atoms with Crippen LogP contribution in [0.2, 0.25) is 0 Å². The van der Waals surface area contributed by atoms with E-state index in [9.17, 15) is 4.79 Å². The molecule has 0 aliphatic rings. The summed E-state index contributed by atoms with van der Waals surface area (Å²) in [4.78, 5) is 16.4. The number of carbonyl (C=O) groups excluding carboxylic acids is 1. The molecule has 2 aromatic heterocycles. The van der Waals surface area contributed by atoms with Crippen molar-refractivity contribution in [2.45, 2.75) is 0 Å². The lowest BCUT2D eigenvalue weighted by atomic mass is 10.1. The maximum atomic E-state index is 11.5. The first-order valence-corrected chi connectivity index (χ1v) is 6.70. The highest BCUT2D eigenvalue weighted by Crippen LogP contribution is 2.37. The van der Waals surface area contributed by atoms with Gasteiger partial charge in [-0.15, -0.1) is 11.3 Å². The molecule has 100 valence electrons. The number of carbonyl (C=O) groups is 1. The zero-order valence-electron chi connectivity index (χ0n) is 10.3. The lowest BCUT2D eigenvalue weighted by Crippen LogP contribution is -2.11. The van der Waals surface area contributed by atoms with Crippen LogP contribution in [0.5, 0.6) is 0 Å². The summed E-state index contributed by atoms with van der Waals surface area (Å²) in [7, 11) is 0. The number of nitrogens with two attached hydrogens (primary N) is 1. The van der Waals surface area contributed by atoms with Gasteiger partial charge in [0, 0.05) is 16.5 Å². The third-order valence-electron chi connectivity index (χ3n) is 2.98. The van der Waals surface area contributed by atoms with Crippen molar-refractivity contribution >= 4 is 33.1 Å². The SMILES string of the molecule is NC(=O)c1cnc(NO)c2cc(-c3ccccc3)sc12. The monoisotopic (exact) mass is 285 g/mol. The Hall–Kier alpha value is -2.44. The highest BCUT2D eigenvalue weighted by Gasteiger charge is 2.15. The molecule has 6 heteroatoms. The zero-order valence-corrected chi connectivity index (χ0v) is 11.1. The summed E-state index contributed by atoms with van der Waals surface area (Å²) in [6.07, 6.45) is 1.37. The van der Waals surface area contributed by atoms with Crippen molar-refractivity contribution < 1.29 is 10.0 Å². The summed E-state index contributed by atoms with van der Waals surface area (Å²) < 4.78 is 0.711. The third-order valence-corrected chi connectivity index (χ3v) is 4.20. The highest BCUT2D eigenvalue weighted by molar-refractivity contribution is 7.22. The van der Waals surface area contributed by atoms with Crippen LogP contribution in [0.3, 0.4) is 0 Å². The maximum absolute atomic E-state index is 11.5. The number of aromatic nitrogens is 1. The van der Waals surface area contributed by atoms with Crippen LogP contribution in [-0.4, -0.2) is 16.1 Å². The van der Waals surface area contributed by atoms with Crippen molar-refractivity contribution in [3.63, 3.8) is 0 Å². The van der Waals surface area contributed by atoms with Crippen molar-refractivity contribution in [1.82, 2.24) is 4.98 Å². The molecule has 3 aromatic rings. The van der Waals surface area contributed by atoms with Gasteiger partial charge in [0.2, 0.25) is 0 Å². The number of thiophene rings is 1. The van der Waals surface area contributed by atoms with Crippen LogP contribution in [0.25, 0.3) is 20.5 Å². The molecule has 1 aromatic carbocycles. The number of pyridine rings is 1. The van der Waals surface area contributed by atoms with Crippen molar-refractivity contribution in [3.05, 3.63) is 48.2 Å². The first-order valence-electron chi connectivity index (χ1n) is 5.88. The van der Waals surface area contributed by atoms with Gasteiger partial charge in [-0.3, -0.25) is 15.5 Å². The van der Waals surface area contributed by atoms with Crippen LogP contribution < -0.4 is 11.2 Å². The summed E-state index contributed by atoms with van der Waals surface area (Å²) in [5.41, 5.74) is 8.80. The van der Waals surface area contributed by atoms with E-state index in [2.05, 4.69) is 4.98 Å². The minimum atomic E-state index is -0.534. The Balaban J connectivity index is 2.28. The fourth-order valence-corrected chi connectivity index (χ4v) is 3.21. The van der Waals surface area contributed by atoms with Crippen LogP contribution in [0.1, 0.15) is 10.4 Å². The van der Waals surface area contributed by atoms with Gasteiger partial charge in [-0.05, 0) is 11.6 Å². The molecule has 0 radical (unpaired) electrons. The lowest BCUT2D eigenvalue weighted by Gasteiger charge is -2.02. The molecule has 0 saturated heterocycles. The van der Waals surface area contributed by atoms with E-state index in [0.29, 0.717) is 21.5 Å². The topological polar surface area (TPSA) is 88.2 Å². The van der Waals surface area contributed by atoms with Gasteiger partial charge in [0.15, 0.2) is 5.82 Å². The normalized spacial score (nSPS) is 10.7. The van der Waals surface area contributed by atoms with E-state index in [-0.39, 0.29) is 0 Å². The number of anilines is 1. The molecule has 20 heavy (non-hydrogen) atoms. The van der Waals surface area contributed by atoms with Gasteiger partial charge in [-0.2, -0.15) is 0 Å². The molecular formula is C14H11N3O2S. The number of nitrogens with zero attached hydrogens (tertiary/aromatic N) is 1. The number of hydrogen-bond donors (Lipinski definition) is 3. The molecule has 0 aliphatic heterocycles. The Bertz CT molecular complexity index is 784. The molecule has 0 unspecified atom stereocenters. The maximum Gasteiger partial charge on any atom is 0.251 e. The molecule has 5 nitrogen and oxygen atoms in total. The van der Waals surface area contributed by atoms with Crippen molar-refractivity contribution in [2.24, 2.45) is 5.73 Å². The predicted molar refractivity (Wildman–Crippen MR) is 79.0 cm³/mol. The summed E-state index contributed by atoms with van der Waals surface area (Å²) in [6, 6.07) is 11.7. The number of primary amides is 1. The summed E-state index contributed by atoms with van der Waals surface area (Å²) in [5, 5.41) is 9.79. The Morgan fingerprint density at radius 3 is 2.70 bits per heavy atom. The van der Waals surface area contributed by atoms with Crippen LogP contribution >= 0.6 is 11.3 Å². The lowest BCUT2D eigenvalue weighted by molar-refractivity contribution is 0.100. The van der Waals surface area contributed by atoms with Gasteiger partial charge >= 0.3 is 0 Å². The van der Waals surface area contributed by atoms with Gasteiger partial charge < -0.3 is 5.73 Å². The van der Waals surface area contributed by atoms with E-state index in [1.54, 1.807) is 0 Å². The van der Waals surface area contributed by atoms with E-state index >= 15 is 0 Å². The Kier molecular flexibility index (Phi) is 3.09. The number of rotatable bonds is 3. The summed E-state index contributed by atoms with van der Waals surface area (Å²) in [5.74, 6) is -0.225. The van der Waals surface area contributed by atoms with Crippen LogP contribution in [0.4, 0.5) is 5.82 Å². The predicted octanol–water partition coefficient (Wildman–Crippen LogP) is 2.86. The second kappa shape index (κ2) is 4.92. The van der Waals surface area contributed by atoms with E-state index in [1.807, 2.05) is 41.9 Å². The van der Waals surface area contributed by atoms with Gasteiger partial charge in [-0.1, -0.05) is 30.3 Å². The number of nitrogens with one attached hydrogen (secondary N) is 1. The standard InChI is InChI=1S/C14H11N3O2S/c15-13(18)10-7-16-14(17-19)9-6-11(20-12(9)10)8-4-2-1-3-5-8/h1-7,19H,(H2,15,18)(H,16,17). The number of benzene rings is 1. The largest absolute Gasteiger partial charge is 0.366 e. The molecule has 1 amide bonds. The molecule has 2 heterocycles. The molecule has 0 spiro atoms. The summed E-state index contributed by atoms with van der Waals surface area (Å²) in [6.45, 7) is 0. The molecular weight excluding hydrogens is 274 g/mol. The van der Waals surface area contributed by atoms with E-state index in [0.717, 1.165) is 10.4 Å². The molecule has 0 fully saturated rings. The first-order chi connectivity index (χ1) is 9.70. The van der Waals surface area contributed by atoms with Gasteiger partial charge in [-0.25, -0.2) is 4.98 Å². The zero-order chi connectivity index (χ0) is 14.1. The Labute approximate surface area is 118 Å². The van der Waals surface area contributed by atoms with Crippen molar-refractivity contribution in [2.75, 3.05) is 5.48 Å². The van der Waals surface area contributed by atoms with E-state index in [1.165, 1.54) is 17.5 Å².